The van der Waals surface area contributed by atoms with Gasteiger partial charge in [0.2, 0.25) is 10.0 Å². The van der Waals surface area contributed by atoms with Crippen molar-refractivity contribution in [3.8, 4) is 0 Å². The van der Waals surface area contributed by atoms with Crippen LogP contribution in [0, 0.1) is 12.8 Å². The SMILES string of the molecule is Cc1[nH]ncc1S(=O)(=O)N1CCC(C(N)=NO)CC1. The molecule has 1 saturated heterocycles. The van der Waals surface area contributed by atoms with Gasteiger partial charge in [0.15, 0.2) is 0 Å². The molecule has 8 nitrogen and oxygen atoms in total. The summed E-state index contributed by atoms with van der Waals surface area (Å²) < 4.78 is 26.1. The maximum Gasteiger partial charge on any atom is 0.246 e. The van der Waals surface area contributed by atoms with E-state index in [9.17, 15) is 8.42 Å². The molecule has 0 atom stereocenters. The van der Waals surface area contributed by atoms with Crippen LogP contribution in [-0.4, -0.2) is 47.1 Å². The van der Waals surface area contributed by atoms with Crippen LogP contribution < -0.4 is 5.73 Å². The summed E-state index contributed by atoms with van der Waals surface area (Å²) in [5.74, 6) is 0.0958. The molecule has 1 aliphatic heterocycles. The molecule has 0 unspecified atom stereocenters. The Morgan fingerprint density at radius 3 is 2.68 bits per heavy atom. The Balaban J connectivity index is 2.12. The topological polar surface area (TPSA) is 125 Å². The summed E-state index contributed by atoms with van der Waals surface area (Å²) in [6.07, 6.45) is 2.42. The maximum atomic E-state index is 12.4. The molecule has 0 saturated carbocycles. The Labute approximate surface area is 111 Å². The fourth-order valence-electron chi connectivity index (χ4n) is 2.21. The van der Waals surface area contributed by atoms with E-state index in [0.717, 1.165) is 0 Å². The Bertz CT molecular complexity index is 572. The lowest BCUT2D eigenvalue weighted by molar-refractivity contribution is 0.291. The van der Waals surface area contributed by atoms with Crippen LogP contribution in [0.3, 0.4) is 0 Å². The third kappa shape index (κ3) is 2.56. The lowest BCUT2D eigenvalue weighted by Crippen LogP contribution is -2.41. The minimum atomic E-state index is -3.51. The molecular weight excluding hydrogens is 270 g/mol. The number of hydrogen-bond donors (Lipinski definition) is 3. The van der Waals surface area contributed by atoms with Gasteiger partial charge in [0, 0.05) is 19.0 Å². The van der Waals surface area contributed by atoms with Gasteiger partial charge in [-0.2, -0.15) is 9.40 Å². The van der Waals surface area contributed by atoms with Gasteiger partial charge in [-0.05, 0) is 19.8 Å². The van der Waals surface area contributed by atoms with Crippen LogP contribution in [0.5, 0.6) is 0 Å². The Morgan fingerprint density at radius 2 is 2.21 bits per heavy atom. The quantitative estimate of drug-likeness (QED) is 0.309. The molecule has 0 bridgehead atoms. The average molecular weight is 287 g/mol. The predicted octanol–water partition coefficient (Wildman–Crippen LogP) is -0.135. The highest BCUT2D eigenvalue weighted by Crippen LogP contribution is 2.24. The molecule has 19 heavy (non-hydrogen) atoms. The molecule has 106 valence electrons. The third-order valence-electron chi connectivity index (χ3n) is 3.39. The second-order valence-corrected chi connectivity index (χ2v) is 6.47. The Morgan fingerprint density at radius 1 is 1.58 bits per heavy atom. The fourth-order valence-corrected chi connectivity index (χ4v) is 3.80. The van der Waals surface area contributed by atoms with Gasteiger partial charge in [-0.25, -0.2) is 8.42 Å². The van der Waals surface area contributed by atoms with E-state index in [0.29, 0.717) is 31.6 Å². The molecule has 0 amide bonds. The smallest absolute Gasteiger partial charge is 0.246 e. The molecule has 0 aromatic carbocycles. The summed E-state index contributed by atoms with van der Waals surface area (Å²) in [6.45, 7) is 2.38. The van der Waals surface area contributed by atoms with Crippen molar-refractivity contribution in [1.82, 2.24) is 14.5 Å². The zero-order valence-electron chi connectivity index (χ0n) is 10.6. The van der Waals surface area contributed by atoms with E-state index in [-0.39, 0.29) is 16.6 Å². The van der Waals surface area contributed by atoms with Crippen LogP contribution in [0.25, 0.3) is 0 Å². The van der Waals surface area contributed by atoms with Gasteiger partial charge in [-0.1, -0.05) is 5.16 Å². The minimum absolute atomic E-state index is 0.0677. The fraction of sp³-hybridized carbons (Fsp3) is 0.600. The van der Waals surface area contributed by atoms with Crippen molar-refractivity contribution in [1.29, 1.82) is 0 Å². The highest BCUT2D eigenvalue weighted by molar-refractivity contribution is 7.89. The largest absolute Gasteiger partial charge is 0.409 e. The first kappa shape index (κ1) is 13.8. The number of hydrogen-bond acceptors (Lipinski definition) is 5. The normalized spacial score (nSPS) is 19.7. The molecule has 0 radical (unpaired) electrons. The van der Waals surface area contributed by atoms with E-state index >= 15 is 0 Å². The number of amidine groups is 1. The third-order valence-corrected chi connectivity index (χ3v) is 5.40. The standard InChI is InChI=1S/C10H17N5O3S/c1-7-9(6-12-13-7)19(17,18)15-4-2-8(3-5-15)10(11)14-16/h6,8,16H,2-5H2,1H3,(H2,11,14)(H,12,13). The first-order valence-corrected chi connectivity index (χ1v) is 7.38. The summed E-state index contributed by atoms with van der Waals surface area (Å²) in [6, 6.07) is 0. The van der Waals surface area contributed by atoms with E-state index in [2.05, 4.69) is 15.4 Å². The van der Waals surface area contributed by atoms with Crippen molar-refractivity contribution < 1.29 is 13.6 Å². The number of nitrogens with one attached hydrogen (secondary N) is 1. The number of aromatic amines is 1. The van der Waals surface area contributed by atoms with Crippen molar-refractivity contribution in [3.05, 3.63) is 11.9 Å². The summed E-state index contributed by atoms with van der Waals surface area (Å²) in [4.78, 5) is 0.203. The molecule has 2 heterocycles. The Kier molecular flexibility index (Phi) is 3.76. The van der Waals surface area contributed by atoms with Crippen LogP contribution in [0.4, 0.5) is 0 Å². The summed E-state index contributed by atoms with van der Waals surface area (Å²) >= 11 is 0. The number of nitrogens with zero attached hydrogens (tertiary/aromatic N) is 3. The van der Waals surface area contributed by atoms with Gasteiger partial charge in [0.25, 0.3) is 0 Å². The lowest BCUT2D eigenvalue weighted by Gasteiger charge is -2.30. The van der Waals surface area contributed by atoms with Crippen molar-refractivity contribution in [2.75, 3.05) is 13.1 Å². The van der Waals surface area contributed by atoms with Crippen LogP contribution in [0.15, 0.2) is 16.2 Å². The van der Waals surface area contributed by atoms with Gasteiger partial charge in [-0.3, -0.25) is 5.10 Å². The number of aryl methyl sites for hydroxylation is 1. The number of sulfonamides is 1. The highest BCUT2D eigenvalue weighted by Gasteiger charge is 2.32. The van der Waals surface area contributed by atoms with Crippen molar-refractivity contribution in [2.24, 2.45) is 16.8 Å². The van der Waals surface area contributed by atoms with Crippen LogP contribution in [0.2, 0.25) is 0 Å². The molecule has 9 heteroatoms. The number of aromatic nitrogens is 2. The van der Waals surface area contributed by atoms with Crippen molar-refractivity contribution in [3.63, 3.8) is 0 Å². The van der Waals surface area contributed by atoms with E-state index < -0.39 is 10.0 Å². The maximum absolute atomic E-state index is 12.4. The second-order valence-electron chi connectivity index (χ2n) is 4.56. The zero-order valence-corrected chi connectivity index (χ0v) is 11.4. The highest BCUT2D eigenvalue weighted by atomic mass is 32.2. The molecular formula is C10H17N5O3S. The van der Waals surface area contributed by atoms with Gasteiger partial charge in [-0.15, -0.1) is 0 Å². The number of rotatable bonds is 3. The minimum Gasteiger partial charge on any atom is -0.409 e. The monoisotopic (exact) mass is 287 g/mol. The van der Waals surface area contributed by atoms with E-state index in [1.54, 1.807) is 6.92 Å². The van der Waals surface area contributed by atoms with Crippen LogP contribution in [0.1, 0.15) is 18.5 Å². The van der Waals surface area contributed by atoms with Gasteiger partial charge >= 0.3 is 0 Å². The van der Waals surface area contributed by atoms with Crippen LogP contribution in [-0.2, 0) is 10.0 Å². The number of oxime groups is 1. The molecule has 1 aromatic heterocycles. The second kappa shape index (κ2) is 5.17. The van der Waals surface area contributed by atoms with E-state index in [4.69, 9.17) is 10.9 Å². The Hall–Kier alpha value is -1.61. The van der Waals surface area contributed by atoms with E-state index in [1.165, 1.54) is 10.5 Å². The molecule has 1 fully saturated rings. The summed E-state index contributed by atoms with van der Waals surface area (Å²) in [7, 11) is -3.51. The number of nitrogens with two attached hydrogens (primary N) is 1. The van der Waals surface area contributed by atoms with Crippen molar-refractivity contribution >= 4 is 15.9 Å². The van der Waals surface area contributed by atoms with Gasteiger partial charge < -0.3 is 10.9 Å². The molecule has 0 spiro atoms. The number of H-pyrrole nitrogens is 1. The van der Waals surface area contributed by atoms with Crippen LogP contribution >= 0.6 is 0 Å². The number of piperidine rings is 1. The molecule has 4 N–H and O–H groups in total. The molecule has 1 aliphatic rings. The van der Waals surface area contributed by atoms with Gasteiger partial charge in [0.05, 0.1) is 11.9 Å². The molecule has 0 aliphatic carbocycles. The lowest BCUT2D eigenvalue weighted by atomic mass is 9.97. The summed E-state index contributed by atoms with van der Waals surface area (Å²) in [5, 5.41) is 18.0. The average Bonchev–Trinajstić information content (AvgIpc) is 2.85. The van der Waals surface area contributed by atoms with Crippen molar-refractivity contribution in [2.45, 2.75) is 24.7 Å². The molecule has 2 rings (SSSR count). The first-order valence-electron chi connectivity index (χ1n) is 5.94. The molecule has 1 aromatic rings. The van der Waals surface area contributed by atoms with Gasteiger partial charge in [0.1, 0.15) is 10.7 Å². The first-order chi connectivity index (χ1) is 8.96. The summed E-state index contributed by atoms with van der Waals surface area (Å²) in [5.41, 5.74) is 6.06. The van der Waals surface area contributed by atoms with E-state index in [1.807, 2.05) is 0 Å². The predicted molar refractivity (Wildman–Crippen MR) is 68.2 cm³/mol. The zero-order chi connectivity index (χ0) is 14.0.